The minimum atomic E-state index is -0.236. The first-order valence-corrected chi connectivity index (χ1v) is 7.19. The van der Waals surface area contributed by atoms with Gasteiger partial charge in [-0.05, 0) is 48.2 Å². The summed E-state index contributed by atoms with van der Waals surface area (Å²) in [6.45, 7) is 9.83. The Kier molecular flexibility index (Phi) is 4.09. The fourth-order valence-corrected chi connectivity index (χ4v) is 3.00. The van der Waals surface area contributed by atoms with Gasteiger partial charge in [0.15, 0.2) is 4.77 Å². The number of H-pyrrole nitrogens is 1. The molecule has 19 heavy (non-hydrogen) atoms. The Morgan fingerprint density at radius 3 is 2.42 bits per heavy atom. The van der Waals surface area contributed by atoms with Gasteiger partial charge in [-0.1, -0.05) is 27.7 Å². The van der Waals surface area contributed by atoms with Gasteiger partial charge in [0.05, 0.1) is 11.0 Å². The van der Waals surface area contributed by atoms with E-state index >= 15 is 0 Å². The number of imidazole rings is 1. The zero-order valence-electron chi connectivity index (χ0n) is 11.9. The van der Waals surface area contributed by atoms with E-state index < -0.39 is 0 Å². The molecule has 1 aromatic heterocycles. The van der Waals surface area contributed by atoms with E-state index in [1.54, 1.807) is 6.07 Å². The highest BCUT2D eigenvalue weighted by atomic mass is 32.1. The Labute approximate surface area is 118 Å². The van der Waals surface area contributed by atoms with Gasteiger partial charge in [-0.2, -0.15) is 0 Å². The average Bonchev–Trinajstić information content (AvgIpc) is 2.60. The predicted molar refractivity (Wildman–Crippen MR) is 80.2 cm³/mol. The third-order valence-electron chi connectivity index (χ3n) is 3.84. The van der Waals surface area contributed by atoms with E-state index in [1.807, 2.05) is 0 Å². The Morgan fingerprint density at radius 2 is 1.84 bits per heavy atom. The lowest BCUT2D eigenvalue weighted by Crippen LogP contribution is -2.21. The third-order valence-corrected chi connectivity index (χ3v) is 4.16. The highest BCUT2D eigenvalue weighted by molar-refractivity contribution is 7.71. The summed E-state index contributed by atoms with van der Waals surface area (Å²) in [5, 5.41) is 0. The van der Waals surface area contributed by atoms with Gasteiger partial charge >= 0.3 is 0 Å². The zero-order chi connectivity index (χ0) is 14.2. The molecule has 0 aliphatic carbocycles. The molecule has 2 nitrogen and oxygen atoms in total. The topological polar surface area (TPSA) is 20.7 Å². The first-order valence-electron chi connectivity index (χ1n) is 6.78. The van der Waals surface area contributed by atoms with Gasteiger partial charge in [0.2, 0.25) is 0 Å². The minimum absolute atomic E-state index is 0.236. The molecule has 0 unspecified atom stereocenters. The molecule has 0 saturated heterocycles. The van der Waals surface area contributed by atoms with Crippen LogP contribution in [0.1, 0.15) is 27.7 Å². The molecular weight excluding hydrogens is 259 g/mol. The largest absolute Gasteiger partial charge is 0.330 e. The highest BCUT2D eigenvalue weighted by Gasteiger charge is 2.19. The molecule has 0 aliphatic heterocycles. The van der Waals surface area contributed by atoms with Gasteiger partial charge in [0, 0.05) is 6.54 Å². The number of hydrogen-bond donors (Lipinski definition) is 1. The van der Waals surface area contributed by atoms with E-state index in [9.17, 15) is 4.39 Å². The van der Waals surface area contributed by atoms with Gasteiger partial charge < -0.3 is 9.55 Å². The van der Waals surface area contributed by atoms with E-state index in [1.165, 1.54) is 12.1 Å². The lowest BCUT2D eigenvalue weighted by molar-refractivity contribution is 0.253. The molecule has 2 rings (SSSR count). The van der Waals surface area contributed by atoms with Crippen molar-refractivity contribution in [2.24, 2.45) is 17.8 Å². The monoisotopic (exact) mass is 280 g/mol. The molecule has 4 heteroatoms. The first-order chi connectivity index (χ1) is 8.90. The quantitative estimate of drug-likeness (QED) is 0.800. The lowest BCUT2D eigenvalue weighted by atomic mass is 9.85. The van der Waals surface area contributed by atoms with Crippen LogP contribution in [0.5, 0.6) is 0 Å². The van der Waals surface area contributed by atoms with Crippen LogP contribution >= 0.6 is 12.2 Å². The number of nitrogens with one attached hydrogen (secondary N) is 1. The average molecular weight is 280 g/mol. The van der Waals surface area contributed by atoms with Crippen molar-refractivity contribution in [1.82, 2.24) is 9.55 Å². The molecule has 1 heterocycles. The van der Waals surface area contributed by atoms with Crippen molar-refractivity contribution in [3.05, 3.63) is 28.8 Å². The van der Waals surface area contributed by atoms with E-state index in [-0.39, 0.29) is 5.82 Å². The Bertz CT molecular complexity index is 617. The maximum Gasteiger partial charge on any atom is 0.178 e. The molecule has 1 aromatic carbocycles. The van der Waals surface area contributed by atoms with Crippen molar-refractivity contribution >= 4 is 23.3 Å². The molecule has 0 aliphatic rings. The van der Waals surface area contributed by atoms with Crippen molar-refractivity contribution in [3.8, 4) is 0 Å². The summed E-state index contributed by atoms with van der Waals surface area (Å²) in [7, 11) is 0. The van der Waals surface area contributed by atoms with Crippen molar-refractivity contribution in [2.45, 2.75) is 34.2 Å². The number of nitrogens with zero attached hydrogens (tertiary/aromatic N) is 1. The second kappa shape index (κ2) is 5.45. The number of rotatable bonds is 4. The third kappa shape index (κ3) is 2.89. The summed E-state index contributed by atoms with van der Waals surface area (Å²) < 4.78 is 16.0. The van der Waals surface area contributed by atoms with Crippen LogP contribution in [0.25, 0.3) is 11.0 Å². The van der Waals surface area contributed by atoms with E-state index in [0.717, 1.165) is 17.6 Å². The van der Waals surface area contributed by atoms with Crippen LogP contribution < -0.4 is 0 Å². The highest BCUT2D eigenvalue weighted by Crippen LogP contribution is 2.25. The summed E-state index contributed by atoms with van der Waals surface area (Å²) in [4.78, 5) is 3.09. The van der Waals surface area contributed by atoms with Gasteiger partial charge in [-0.25, -0.2) is 4.39 Å². The van der Waals surface area contributed by atoms with E-state index in [0.29, 0.717) is 22.5 Å². The number of hydrogen-bond acceptors (Lipinski definition) is 1. The smallest absolute Gasteiger partial charge is 0.178 e. The molecular formula is C15H21FN2S. The summed E-state index contributed by atoms with van der Waals surface area (Å²) in [6.07, 6.45) is 0. The summed E-state index contributed by atoms with van der Waals surface area (Å²) in [6, 6.07) is 4.79. The summed E-state index contributed by atoms with van der Waals surface area (Å²) in [5.41, 5.74) is 1.76. The van der Waals surface area contributed by atoms with Crippen molar-refractivity contribution in [1.29, 1.82) is 0 Å². The van der Waals surface area contributed by atoms with Crippen LogP contribution in [0.15, 0.2) is 18.2 Å². The summed E-state index contributed by atoms with van der Waals surface area (Å²) in [5.74, 6) is 1.50. The number of aromatic amines is 1. The van der Waals surface area contributed by atoms with Crippen molar-refractivity contribution in [3.63, 3.8) is 0 Å². The number of fused-ring (bicyclic) bond motifs is 1. The summed E-state index contributed by atoms with van der Waals surface area (Å²) >= 11 is 5.37. The molecule has 0 radical (unpaired) electrons. The van der Waals surface area contributed by atoms with Crippen LogP contribution in [0, 0.1) is 28.3 Å². The van der Waals surface area contributed by atoms with Gasteiger partial charge in [0.25, 0.3) is 0 Å². The van der Waals surface area contributed by atoms with Crippen molar-refractivity contribution in [2.75, 3.05) is 0 Å². The first kappa shape index (κ1) is 14.3. The zero-order valence-corrected chi connectivity index (χ0v) is 12.7. The molecule has 0 fully saturated rings. The lowest BCUT2D eigenvalue weighted by Gasteiger charge is -2.25. The molecule has 0 saturated carbocycles. The molecule has 1 N–H and O–H groups in total. The molecule has 2 aromatic rings. The van der Waals surface area contributed by atoms with Crippen LogP contribution in [0.4, 0.5) is 4.39 Å². The second-order valence-corrected chi connectivity index (χ2v) is 6.24. The number of benzene rings is 1. The van der Waals surface area contributed by atoms with Gasteiger partial charge in [-0.3, -0.25) is 0 Å². The van der Waals surface area contributed by atoms with Crippen molar-refractivity contribution < 1.29 is 4.39 Å². The van der Waals surface area contributed by atoms with Crippen LogP contribution in [-0.4, -0.2) is 9.55 Å². The molecule has 0 amide bonds. The fourth-order valence-electron chi connectivity index (χ4n) is 2.72. The van der Waals surface area contributed by atoms with Gasteiger partial charge in [0.1, 0.15) is 5.82 Å². The molecule has 104 valence electrons. The van der Waals surface area contributed by atoms with E-state index in [4.69, 9.17) is 12.2 Å². The predicted octanol–water partition coefficient (Wildman–Crippen LogP) is 4.77. The second-order valence-electron chi connectivity index (χ2n) is 5.85. The molecule has 0 atom stereocenters. The van der Waals surface area contributed by atoms with Gasteiger partial charge in [-0.15, -0.1) is 0 Å². The Balaban J connectivity index is 2.45. The normalized spacial score (nSPS) is 12.2. The maximum atomic E-state index is 13.2. The molecule has 0 bridgehead atoms. The number of aromatic nitrogens is 2. The Morgan fingerprint density at radius 1 is 1.21 bits per heavy atom. The van der Waals surface area contributed by atoms with Crippen LogP contribution in [0.2, 0.25) is 0 Å². The van der Waals surface area contributed by atoms with Crippen LogP contribution in [-0.2, 0) is 6.54 Å². The minimum Gasteiger partial charge on any atom is -0.330 e. The number of halogens is 1. The molecule has 0 spiro atoms. The van der Waals surface area contributed by atoms with Crippen LogP contribution in [0.3, 0.4) is 0 Å². The van der Waals surface area contributed by atoms with E-state index in [2.05, 4.69) is 37.2 Å². The Hall–Kier alpha value is -1.16. The SMILES string of the molecule is CC(C)C(Cn1c(=S)[nH]c2cc(F)ccc21)C(C)C. The standard InChI is InChI=1S/C15H21FN2S/c1-9(2)12(10(3)4)8-18-14-6-5-11(16)7-13(14)17-15(18)19/h5-7,9-10,12H,8H2,1-4H3,(H,17,19). The maximum absolute atomic E-state index is 13.2. The fraction of sp³-hybridized carbons (Fsp3) is 0.533.